The van der Waals surface area contributed by atoms with E-state index in [2.05, 4.69) is 0 Å². The van der Waals surface area contributed by atoms with Crippen LogP contribution in [0.2, 0.25) is 0 Å². The Bertz CT molecular complexity index is 895. The third kappa shape index (κ3) is 4.70. The van der Waals surface area contributed by atoms with Crippen LogP contribution in [0.25, 0.3) is 5.57 Å². The molecule has 1 unspecified atom stereocenters. The molecule has 6 nitrogen and oxygen atoms in total. The Morgan fingerprint density at radius 2 is 1.60 bits per heavy atom. The average molecular weight is 411 g/mol. The van der Waals surface area contributed by atoms with Gasteiger partial charge in [0.1, 0.15) is 23.0 Å². The van der Waals surface area contributed by atoms with Gasteiger partial charge in [-0.25, -0.2) is 0 Å². The Kier molecular flexibility index (Phi) is 6.87. The van der Waals surface area contributed by atoms with Crippen molar-refractivity contribution in [1.29, 1.82) is 0 Å². The van der Waals surface area contributed by atoms with Crippen molar-refractivity contribution in [3.05, 3.63) is 53.6 Å². The zero-order valence-electron chi connectivity index (χ0n) is 18.2. The molecule has 1 atom stereocenters. The molecule has 0 aromatic heterocycles. The Hall–Kier alpha value is -3.15. The normalized spacial score (nSPS) is 14.6. The van der Waals surface area contributed by atoms with Crippen molar-refractivity contribution in [2.24, 2.45) is 0 Å². The van der Waals surface area contributed by atoms with Crippen molar-refractivity contribution in [2.45, 2.75) is 26.4 Å². The number of rotatable bonds is 7. The molecule has 0 spiro atoms. The van der Waals surface area contributed by atoms with Crippen LogP contribution in [-0.4, -0.2) is 51.3 Å². The average Bonchev–Trinajstić information content (AvgIpc) is 2.79. The van der Waals surface area contributed by atoms with E-state index >= 15 is 0 Å². The number of carbonyl (C=O) groups is 1. The van der Waals surface area contributed by atoms with Gasteiger partial charge in [0.2, 0.25) is 0 Å². The fourth-order valence-corrected chi connectivity index (χ4v) is 3.55. The molecule has 1 heterocycles. The smallest absolute Gasteiger partial charge is 0.263 e. The number of nitrogens with zero attached hydrogens (tertiary/aromatic N) is 1. The van der Waals surface area contributed by atoms with Gasteiger partial charge in [0.25, 0.3) is 5.91 Å². The molecule has 0 bridgehead atoms. The van der Waals surface area contributed by atoms with Gasteiger partial charge in [-0.15, -0.1) is 0 Å². The lowest BCUT2D eigenvalue weighted by Gasteiger charge is -2.30. The Morgan fingerprint density at radius 3 is 2.10 bits per heavy atom. The molecule has 0 saturated carbocycles. The molecule has 0 N–H and O–H groups in total. The molecular weight excluding hydrogens is 382 g/mol. The lowest BCUT2D eigenvalue weighted by atomic mass is 9.97. The highest BCUT2D eigenvalue weighted by Crippen LogP contribution is 2.40. The quantitative estimate of drug-likeness (QED) is 0.686. The van der Waals surface area contributed by atoms with Crippen LogP contribution in [0.15, 0.2) is 42.5 Å². The Balaban J connectivity index is 1.73. The first kappa shape index (κ1) is 21.6. The van der Waals surface area contributed by atoms with Crippen LogP contribution < -0.4 is 18.9 Å². The molecule has 0 aliphatic carbocycles. The molecule has 30 heavy (non-hydrogen) atoms. The molecule has 6 heteroatoms. The monoisotopic (exact) mass is 411 g/mol. The van der Waals surface area contributed by atoms with E-state index < -0.39 is 6.10 Å². The SMILES string of the molecule is COc1cc(OC)c(C2=CCN(C(=O)C(C)Oc3ccc(C)cc3)CC2)c(OC)c1. The fraction of sp³-hybridized carbons (Fsp3) is 0.375. The molecular formula is C24H29NO5. The number of amides is 1. The summed E-state index contributed by atoms with van der Waals surface area (Å²) in [7, 11) is 4.86. The van der Waals surface area contributed by atoms with Gasteiger partial charge in [-0.2, -0.15) is 0 Å². The molecule has 0 radical (unpaired) electrons. The lowest BCUT2D eigenvalue weighted by Crippen LogP contribution is -2.42. The molecule has 1 aliphatic rings. The van der Waals surface area contributed by atoms with E-state index in [-0.39, 0.29) is 5.91 Å². The minimum atomic E-state index is -0.548. The van der Waals surface area contributed by atoms with Gasteiger partial charge in [0, 0.05) is 25.2 Å². The second-order valence-corrected chi connectivity index (χ2v) is 7.24. The van der Waals surface area contributed by atoms with Crippen molar-refractivity contribution in [1.82, 2.24) is 4.90 Å². The maximum absolute atomic E-state index is 12.8. The zero-order chi connectivity index (χ0) is 21.7. The second kappa shape index (κ2) is 9.57. The minimum Gasteiger partial charge on any atom is -0.496 e. The lowest BCUT2D eigenvalue weighted by molar-refractivity contribution is -0.137. The van der Waals surface area contributed by atoms with Crippen LogP contribution in [0, 0.1) is 6.92 Å². The van der Waals surface area contributed by atoms with Gasteiger partial charge in [-0.05, 0) is 38.0 Å². The summed E-state index contributed by atoms with van der Waals surface area (Å²) >= 11 is 0. The summed E-state index contributed by atoms with van der Waals surface area (Å²) in [5.41, 5.74) is 3.14. The highest BCUT2D eigenvalue weighted by atomic mass is 16.5. The van der Waals surface area contributed by atoms with Crippen LogP contribution in [0.5, 0.6) is 23.0 Å². The summed E-state index contributed by atoms with van der Waals surface area (Å²) < 4.78 is 22.3. The first-order valence-electron chi connectivity index (χ1n) is 9.98. The molecule has 160 valence electrons. The standard InChI is InChI=1S/C24H29NO5/c1-16-6-8-19(9-7-16)30-17(2)24(26)25-12-10-18(11-13-25)23-21(28-4)14-20(27-3)15-22(23)29-5/h6-10,14-15,17H,11-13H2,1-5H3. The summed E-state index contributed by atoms with van der Waals surface area (Å²) in [4.78, 5) is 14.7. The molecule has 3 rings (SSSR count). The first-order valence-corrected chi connectivity index (χ1v) is 9.98. The van der Waals surface area contributed by atoms with E-state index in [9.17, 15) is 4.79 Å². The molecule has 1 amide bonds. The number of ether oxygens (including phenoxy) is 4. The topological polar surface area (TPSA) is 57.2 Å². The summed E-state index contributed by atoms with van der Waals surface area (Å²) in [5, 5.41) is 0. The van der Waals surface area contributed by atoms with Gasteiger partial charge < -0.3 is 23.8 Å². The number of methoxy groups -OCH3 is 3. The van der Waals surface area contributed by atoms with Crippen LogP contribution in [0.3, 0.4) is 0 Å². The van der Waals surface area contributed by atoms with Crippen molar-refractivity contribution < 1.29 is 23.7 Å². The molecule has 0 fully saturated rings. The number of benzene rings is 2. The fourth-order valence-electron chi connectivity index (χ4n) is 3.55. The van der Waals surface area contributed by atoms with E-state index in [1.807, 2.05) is 54.3 Å². The van der Waals surface area contributed by atoms with E-state index in [1.165, 1.54) is 0 Å². The highest BCUT2D eigenvalue weighted by Gasteiger charge is 2.26. The van der Waals surface area contributed by atoms with Gasteiger partial charge in [-0.3, -0.25) is 4.79 Å². The molecule has 2 aromatic carbocycles. The molecule has 2 aromatic rings. The summed E-state index contributed by atoms with van der Waals surface area (Å²) in [5.74, 6) is 2.71. The number of aryl methyl sites for hydroxylation is 1. The zero-order valence-corrected chi connectivity index (χ0v) is 18.2. The Morgan fingerprint density at radius 1 is 0.967 bits per heavy atom. The van der Waals surface area contributed by atoms with Crippen LogP contribution >= 0.6 is 0 Å². The van der Waals surface area contributed by atoms with Crippen LogP contribution in [0.1, 0.15) is 24.5 Å². The van der Waals surface area contributed by atoms with E-state index in [0.717, 1.165) is 16.7 Å². The van der Waals surface area contributed by atoms with Crippen molar-refractivity contribution in [2.75, 3.05) is 34.4 Å². The number of carbonyl (C=O) groups excluding carboxylic acids is 1. The van der Waals surface area contributed by atoms with E-state index in [1.54, 1.807) is 28.3 Å². The predicted molar refractivity (Wildman–Crippen MR) is 117 cm³/mol. The van der Waals surface area contributed by atoms with Gasteiger partial charge in [-0.1, -0.05) is 23.8 Å². The van der Waals surface area contributed by atoms with Crippen LogP contribution in [0.4, 0.5) is 0 Å². The third-order valence-electron chi connectivity index (χ3n) is 5.24. The maximum Gasteiger partial charge on any atom is 0.263 e. The van der Waals surface area contributed by atoms with Gasteiger partial charge in [0.15, 0.2) is 6.10 Å². The number of hydrogen-bond acceptors (Lipinski definition) is 5. The minimum absolute atomic E-state index is 0.0282. The van der Waals surface area contributed by atoms with Crippen molar-refractivity contribution in [3.63, 3.8) is 0 Å². The Labute approximate surface area is 178 Å². The van der Waals surface area contributed by atoms with Gasteiger partial charge in [0.05, 0.1) is 26.9 Å². The maximum atomic E-state index is 12.8. The van der Waals surface area contributed by atoms with Crippen LogP contribution in [-0.2, 0) is 4.79 Å². The van der Waals surface area contributed by atoms with E-state index in [0.29, 0.717) is 42.5 Å². The second-order valence-electron chi connectivity index (χ2n) is 7.24. The molecule has 1 aliphatic heterocycles. The predicted octanol–water partition coefficient (Wildman–Crippen LogP) is 4.10. The number of hydrogen-bond donors (Lipinski definition) is 0. The van der Waals surface area contributed by atoms with Crippen molar-refractivity contribution in [3.8, 4) is 23.0 Å². The van der Waals surface area contributed by atoms with E-state index in [4.69, 9.17) is 18.9 Å². The van der Waals surface area contributed by atoms with Crippen molar-refractivity contribution >= 4 is 11.5 Å². The highest BCUT2D eigenvalue weighted by molar-refractivity contribution is 5.83. The molecule has 0 saturated heterocycles. The summed E-state index contributed by atoms with van der Waals surface area (Å²) in [6, 6.07) is 11.4. The summed E-state index contributed by atoms with van der Waals surface area (Å²) in [6.07, 6.45) is 2.20. The first-order chi connectivity index (χ1) is 14.5. The van der Waals surface area contributed by atoms with Gasteiger partial charge >= 0.3 is 0 Å². The third-order valence-corrected chi connectivity index (χ3v) is 5.24. The largest absolute Gasteiger partial charge is 0.496 e. The summed E-state index contributed by atoms with van der Waals surface area (Å²) in [6.45, 7) is 4.92.